The Morgan fingerprint density at radius 1 is 1.21 bits per heavy atom. The molecule has 1 atom stereocenters. The lowest BCUT2D eigenvalue weighted by Crippen LogP contribution is -2.31. The first-order chi connectivity index (χ1) is 13.7. The van der Waals surface area contributed by atoms with E-state index in [1.165, 1.54) is 5.39 Å². The minimum Gasteiger partial charge on any atom is -0.383 e. The van der Waals surface area contributed by atoms with Gasteiger partial charge in [0.2, 0.25) is 0 Å². The van der Waals surface area contributed by atoms with Gasteiger partial charge in [0.15, 0.2) is 0 Å². The highest BCUT2D eigenvalue weighted by Crippen LogP contribution is 2.25. The number of ether oxygens (including phenoxy) is 1. The fourth-order valence-corrected chi connectivity index (χ4v) is 3.91. The monoisotopic (exact) mass is 377 g/mol. The average molecular weight is 377 g/mol. The maximum atomic E-state index is 12.7. The minimum atomic E-state index is -0.0000796. The van der Waals surface area contributed by atoms with Crippen molar-refractivity contribution in [3.8, 4) is 11.1 Å². The number of aromatic nitrogens is 1. The Kier molecular flexibility index (Phi) is 5.74. The lowest BCUT2D eigenvalue weighted by atomic mass is 10.0. The smallest absolute Gasteiger partial charge is 0.251 e. The number of nitrogens with zero attached hydrogens (tertiary/aromatic N) is 1. The number of rotatable bonds is 7. The quantitative estimate of drug-likeness (QED) is 0.662. The molecule has 4 rings (SSSR count). The first-order valence-corrected chi connectivity index (χ1v) is 9.90. The van der Waals surface area contributed by atoms with Crippen LogP contribution in [0.2, 0.25) is 0 Å². The summed E-state index contributed by atoms with van der Waals surface area (Å²) in [6.07, 6.45) is 3.07. The van der Waals surface area contributed by atoms with Crippen LogP contribution in [0.25, 0.3) is 22.0 Å². The van der Waals surface area contributed by atoms with Gasteiger partial charge in [-0.05, 0) is 65.7 Å². The molecule has 0 aliphatic carbocycles. The van der Waals surface area contributed by atoms with E-state index in [9.17, 15) is 4.79 Å². The fraction of sp³-hybridized carbons (Fsp3) is 0.348. The Balaban J connectivity index is 1.38. The maximum absolute atomic E-state index is 12.7. The summed E-state index contributed by atoms with van der Waals surface area (Å²) >= 11 is 0. The summed E-state index contributed by atoms with van der Waals surface area (Å²) in [6.45, 7) is 4.57. The maximum Gasteiger partial charge on any atom is 0.251 e. The molecule has 0 radical (unpaired) electrons. The number of carbonyl (C=O) groups is 1. The van der Waals surface area contributed by atoms with Crippen molar-refractivity contribution in [2.45, 2.75) is 6.42 Å². The SMILES string of the molecule is COCCN1CC[C@H](CNC(=O)c2cccc(-c3ccc4[nH]ccc4c3)c2)C1. The van der Waals surface area contributed by atoms with Gasteiger partial charge in [-0.2, -0.15) is 0 Å². The van der Waals surface area contributed by atoms with E-state index in [2.05, 4.69) is 45.5 Å². The van der Waals surface area contributed by atoms with Crippen LogP contribution < -0.4 is 5.32 Å². The Morgan fingerprint density at radius 3 is 3.00 bits per heavy atom. The second kappa shape index (κ2) is 8.59. The third kappa shape index (κ3) is 4.26. The molecule has 1 aliphatic heterocycles. The fourth-order valence-electron chi connectivity index (χ4n) is 3.91. The van der Waals surface area contributed by atoms with E-state index < -0.39 is 0 Å². The van der Waals surface area contributed by atoms with Gasteiger partial charge in [-0.15, -0.1) is 0 Å². The summed E-state index contributed by atoms with van der Waals surface area (Å²) in [5.74, 6) is 0.514. The summed E-state index contributed by atoms with van der Waals surface area (Å²) in [5.41, 5.74) is 4.00. The molecule has 146 valence electrons. The minimum absolute atomic E-state index is 0.0000796. The summed E-state index contributed by atoms with van der Waals surface area (Å²) < 4.78 is 5.15. The zero-order chi connectivity index (χ0) is 19.3. The van der Waals surface area contributed by atoms with E-state index in [0.29, 0.717) is 11.5 Å². The molecule has 2 aromatic carbocycles. The van der Waals surface area contributed by atoms with Crippen molar-refractivity contribution in [1.82, 2.24) is 15.2 Å². The summed E-state index contributed by atoms with van der Waals surface area (Å²) in [5, 5.41) is 4.29. The van der Waals surface area contributed by atoms with Gasteiger partial charge >= 0.3 is 0 Å². The molecule has 1 fully saturated rings. The molecule has 2 heterocycles. The predicted molar refractivity (Wildman–Crippen MR) is 112 cm³/mol. The normalized spacial score (nSPS) is 17.2. The van der Waals surface area contributed by atoms with Gasteiger partial charge in [0.25, 0.3) is 5.91 Å². The molecular formula is C23H27N3O2. The lowest BCUT2D eigenvalue weighted by Gasteiger charge is -2.15. The Labute approximate surface area is 165 Å². The van der Waals surface area contributed by atoms with Crippen LogP contribution in [0.15, 0.2) is 54.7 Å². The Hall–Kier alpha value is -2.63. The van der Waals surface area contributed by atoms with Crippen LogP contribution in [-0.2, 0) is 4.74 Å². The molecule has 5 heteroatoms. The zero-order valence-electron chi connectivity index (χ0n) is 16.3. The Morgan fingerprint density at radius 2 is 2.11 bits per heavy atom. The molecular weight excluding hydrogens is 350 g/mol. The van der Waals surface area contributed by atoms with Gasteiger partial charge in [-0.25, -0.2) is 0 Å². The lowest BCUT2D eigenvalue weighted by molar-refractivity contribution is 0.0946. The van der Waals surface area contributed by atoms with Gasteiger partial charge in [-0.1, -0.05) is 18.2 Å². The second-order valence-corrected chi connectivity index (χ2v) is 7.52. The number of H-pyrrole nitrogens is 1. The number of benzene rings is 2. The van der Waals surface area contributed by atoms with E-state index in [0.717, 1.165) is 55.9 Å². The van der Waals surface area contributed by atoms with Crippen LogP contribution in [0.3, 0.4) is 0 Å². The highest BCUT2D eigenvalue weighted by atomic mass is 16.5. The number of fused-ring (bicyclic) bond motifs is 1. The van der Waals surface area contributed by atoms with Gasteiger partial charge in [0.1, 0.15) is 0 Å². The van der Waals surface area contributed by atoms with Crippen molar-refractivity contribution in [2.24, 2.45) is 5.92 Å². The molecule has 1 saturated heterocycles. The molecule has 1 aromatic heterocycles. The van der Waals surface area contributed by atoms with Crippen molar-refractivity contribution in [2.75, 3.05) is 39.9 Å². The van der Waals surface area contributed by atoms with E-state index in [1.54, 1.807) is 7.11 Å². The number of methoxy groups -OCH3 is 1. The van der Waals surface area contributed by atoms with Crippen molar-refractivity contribution in [3.05, 3.63) is 60.3 Å². The van der Waals surface area contributed by atoms with Gasteiger partial charge in [0, 0.05) is 44.0 Å². The number of aromatic amines is 1. The van der Waals surface area contributed by atoms with E-state index in [4.69, 9.17) is 4.74 Å². The molecule has 0 spiro atoms. The largest absolute Gasteiger partial charge is 0.383 e. The number of carbonyl (C=O) groups excluding carboxylic acids is 1. The van der Waals surface area contributed by atoms with Gasteiger partial charge in [0.05, 0.1) is 6.61 Å². The number of hydrogen-bond acceptors (Lipinski definition) is 3. The summed E-state index contributed by atoms with van der Waals surface area (Å²) in [7, 11) is 1.73. The number of hydrogen-bond donors (Lipinski definition) is 2. The molecule has 5 nitrogen and oxygen atoms in total. The van der Waals surface area contributed by atoms with Crippen LogP contribution in [0.4, 0.5) is 0 Å². The first-order valence-electron chi connectivity index (χ1n) is 9.90. The van der Waals surface area contributed by atoms with Crippen molar-refractivity contribution >= 4 is 16.8 Å². The number of nitrogens with one attached hydrogen (secondary N) is 2. The molecule has 1 amide bonds. The molecule has 3 aromatic rings. The van der Waals surface area contributed by atoms with E-state index >= 15 is 0 Å². The molecule has 28 heavy (non-hydrogen) atoms. The molecule has 0 bridgehead atoms. The van der Waals surface area contributed by atoms with Crippen molar-refractivity contribution in [3.63, 3.8) is 0 Å². The van der Waals surface area contributed by atoms with Crippen molar-refractivity contribution in [1.29, 1.82) is 0 Å². The molecule has 0 unspecified atom stereocenters. The highest BCUT2D eigenvalue weighted by Gasteiger charge is 2.22. The van der Waals surface area contributed by atoms with Crippen LogP contribution in [0, 0.1) is 5.92 Å². The van der Waals surface area contributed by atoms with Gasteiger partial charge in [-0.3, -0.25) is 4.79 Å². The number of likely N-dealkylation sites (tertiary alicyclic amines) is 1. The third-order valence-electron chi connectivity index (χ3n) is 5.54. The van der Waals surface area contributed by atoms with Crippen LogP contribution in [0.5, 0.6) is 0 Å². The summed E-state index contributed by atoms with van der Waals surface area (Å²) in [4.78, 5) is 18.3. The first kappa shape index (κ1) is 18.7. The van der Waals surface area contributed by atoms with Crippen LogP contribution in [-0.4, -0.2) is 55.7 Å². The Bertz CT molecular complexity index is 950. The predicted octanol–water partition coefficient (Wildman–Crippen LogP) is 3.53. The zero-order valence-corrected chi connectivity index (χ0v) is 16.3. The molecule has 2 N–H and O–H groups in total. The highest BCUT2D eigenvalue weighted by molar-refractivity contribution is 5.96. The average Bonchev–Trinajstić information content (AvgIpc) is 3.39. The molecule has 1 aliphatic rings. The summed E-state index contributed by atoms with van der Waals surface area (Å²) in [6, 6.07) is 16.2. The van der Waals surface area contributed by atoms with Gasteiger partial charge < -0.3 is 19.9 Å². The van der Waals surface area contributed by atoms with Crippen LogP contribution in [0.1, 0.15) is 16.8 Å². The number of amides is 1. The van der Waals surface area contributed by atoms with E-state index in [1.807, 2.05) is 24.4 Å². The third-order valence-corrected chi connectivity index (χ3v) is 5.54. The van der Waals surface area contributed by atoms with Crippen LogP contribution >= 0.6 is 0 Å². The van der Waals surface area contributed by atoms with E-state index in [-0.39, 0.29) is 5.91 Å². The molecule has 0 saturated carbocycles. The van der Waals surface area contributed by atoms with Crippen molar-refractivity contribution < 1.29 is 9.53 Å². The topological polar surface area (TPSA) is 57.4 Å². The second-order valence-electron chi connectivity index (χ2n) is 7.52. The standard InChI is InChI=1S/C23H27N3O2/c1-28-12-11-26-10-8-17(16-26)15-25-23(27)21-4-2-3-18(14-21)19-5-6-22-20(13-19)7-9-24-22/h2-7,9,13-14,17,24H,8,10-12,15-16H2,1H3,(H,25,27)/t17-/m1/s1.